The Bertz CT molecular complexity index is 524. The Morgan fingerprint density at radius 1 is 1.45 bits per heavy atom. The lowest BCUT2D eigenvalue weighted by Crippen LogP contribution is -2.29. The molecule has 0 aliphatic rings. The number of carboxylic acid groups (broad SMARTS) is 1. The molecule has 0 unspecified atom stereocenters. The molecule has 1 rings (SSSR count). The number of esters is 1. The predicted molar refractivity (Wildman–Crippen MR) is 78.5 cm³/mol. The van der Waals surface area contributed by atoms with E-state index in [4.69, 9.17) is 5.11 Å². The molecule has 20 heavy (non-hydrogen) atoms. The first-order valence-electron chi connectivity index (χ1n) is 5.61. The summed E-state index contributed by atoms with van der Waals surface area (Å²) in [6.07, 6.45) is 0. The van der Waals surface area contributed by atoms with Crippen molar-refractivity contribution in [1.29, 1.82) is 0 Å². The molecule has 0 radical (unpaired) electrons. The second-order valence-electron chi connectivity index (χ2n) is 4.31. The van der Waals surface area contributed by atoms with Crippen LogP contribution in [0, 0.1) is 0 Å². The number of methoxy groups -OCH3 is 1. The summed E-state index contributed by atoms with van der Waals surface area (Å²) in [5.74, 6) is -1.89. The summed E-state index contributed by atoms with van der Waals surface area (Å²) in [4.78, 5) is 34.4. The second-order valence-corrected chi connectivity index (χ2v) is 6.82. The van der Waals surface area contributed by atoms with E-state index in [9.17, 15) is 14.4 Å². The second kappa shape index (κ2) is 6.76. The minimum absolute atomic E-state index is 0.0181. The van der Waals surface area contributed by atoms with Crippen molar-refractivity contribution in [2.45, 2.75) is 18.6 Å². The van der Waals surface area contributed by atoms with Crippen LogP contribution < -0.4 is 5.32 Å². The zero-order chi connectivity index (χ0) is 15.3. The predicted octanol–water partition coefficient (Wildman–Crippen LogP) is 2.07. The van der Waals surface area contributed by atoms with E-state index in [1.165, 1.54) is 21.0 Å². The molecule has 0 bridgehead atoms. The Kier molecular flexibility index (Phi) is 5.58. The molecule has 1 heterocycles. The summed E-state index contributed by atoms with van der Waals surface area (Å²) in [5.41, 5.74) is 0.376. The quantitative estimate of drug-likeness (QED) is 0.780. The van der Waals surface area contributed by atoms with E-state index in [1.807, 2.05) is 0 Å². The molecule has 8 heteroatoms. The van der Waals surface area contributed by atoms with Crippen molar-refractivity contribution in [3.05, 3.63) is 16.3 Å². The average molecular weight is 317 g/mol. The minimum Gasteiger partial charge on any atom is -0.480 e. The smallest absolute Gasteiger partial charge is 0.350 e. The van der Waals surface area contributed by atoms with Crippen molar-refractivity contribution >= 4 is 46.6 Å². The summed E-state index contributed by atoms with van der Waals surface area (Å²) in [5, 5.41) is 13.2. The van der Waals surface area contributed by atoms with Gasteiger partial charge in [0.15, 0.2) is 0 Å². The van der Waals surface area contributed by atoms with Gasteiger partial charge in [0.05, 0.1) is 18.6 Å². The maximum Gasteiger partial charge on any atom is 0.350 e. The number of ether oxygens (including phenoxy) is 1. The molecule has 0 spiro atoms. The van der Waals surface area contributed by atoms with E-state index >= 15 is 0 Å². The van der Waals surface area contributed by atoms with Crippen LogP contribution in [0.4, 0.5) is 5.69 Å². The Morgan fingerprint density at radius 2 is 2.10 bits per heavy atom. The van der Waals surface area contributed by atoms with Crippen molar-refractivity contribution in [2.75, 3.05) is 18.2 Å². The van der Waals surface area contributed by atoms with E-state index in [-0.39, 0.29) is 11.7 Å². The van der Waals surface area contributed by atoms with Gasteiger partial charge in [0.25, 0.3) is 0 Å². The number of carbonyl (C=O) groups is 3. The number of nitrogens with one attached hydrogen (secondary N) is 1. The molecule has 110 valence electrons. The number of anilines is 1. The number of carboxylic acids is 1. The van der Waals surface area contributed by atoms with Gasteiger partial charge in [-0.05, 0) is 25.3 Å². The molecule has 1 aromatic heterocycles. The highest BCUT2D eigenvalue weighted by molar-refractivity contribution is 8.02. The standard InChI is InChI=1S/C12H15NO5S2/c1-12(2,11(16)17)20-6-8(14)13-7-4-5-19-9(7)10(15)18-3/h4-5H,6H2,1-3H3,(H,13,14)(H,16,17). The maximum atomic E-state index is 11.8. The number of rotatable bonds is 6. The van der Waals surface area contributed by atoms with E-state index in [0.717, 1.165) is 23.1 Å². The van der Waals surface area contributed by atoms with Crippen molar-refractivity contribution in [3.8, 4) is 0 Å². The van der Waals surface area contributed by atoms with Gasteiger partial charge >= 0.3 is 11.9 Å². The normalized spacial score (nSPS) is 10.9. The van der Waals surface area contributed by atoms with Gasteiger partial charge in [0.1, 0.15) is 9.62 Å². The summed E-state index contributed by atoms with van der Waals surface area (Å²) >= 11 is 2.17. The van der Waals surface area contributed by atoms with Crippen LogP contribution in [0.25, 0.3) is 0 Å². The third-order valence-electron chi connectivity index (χ3n) is 2.39. The summed E-state index contributed by atoms with van der Waals surface area (Å²) in [6.45, 7) is 3.05. The van der Waals surface area contributed by atoms with Crippen LogP contribution >= 0.6 is 23.1 Å². The van der Waals surface area contributed by atoms with Crippen LogP contribution in [0.15, 0.2) is 11.4 Å². The van der Waals surface area contributed by atoms with Crippen LogP contribution in [0.3, 0.4) is 0 Å². The molecule has 0 fully saturated rings. The highest BCUT2D eigenvalue weighted by atomic mass is 32.2. The molecule has 0 atom stereocenters. The van der Waals surface area contributed by atoms with E-state index in [2.05, 4.69) is 10.1 Å². The zero-order valence-electron chi connectivity index (χ0n) is 11.3. The summed E-state index contributed by atoms with van der Waals surface area (Å²) in [7, 11) is 1.26. The molecule has 0 aliphatic carbocycles. The van der Waals surface area contributed by atoms with E-state index < -0.39 is 16.7 Å². The lowest BCUT2D eigenvalue weighted by molar-refractivity contribution is -0.138. The molecule has 1 aromatic rings. The number of hydrogen-bond donors (Lipinski definition) is 2. The number of carbonyl (C=O) groups excluding carboxylic acids is 2. The van der Waals surface area contributed by atoms with Crippen LogP contribution in [-0.4, -0.2) is 40.6 Å². The first-order chi connectivity index (χ1) is 9.27. The zero-order valence-corrected chi connectivity index (χ0v) is 12.9. The Balaban J connectivity index is 2.62. The fourth-order valence-electron chi connectivity index (χ4n) is 1.15. The number of thiophene rings is 1. The van der Waals surface area contributed by atoms with Gasteiger partial charge in [-0.25, -0.2) is 4.79 Å². The number of hydrogen-bond acceptors (Lipinski definition) is 6. The third kappa shape index (κ3) is 4.24. The molecular weight excluding hydrogens is 302 g/mol. The van der Waals surface area contributed by atoms with Crippen LogP contribution in [0.1, 0.15) is 23.5 Å². The fourth-order valence-corrected chi connectivity index (χ4v) is 2.61. The van der Waals surface area contributed by atoms with Crippen LogP contribution in [0.5, 0.6) is 0 Å². The molecule has 0 aliphatic heterocycles. The van der Waals surface area contributed by atoms with Gasteiger partial charge in [-0.1, -0.05) is 0 Å². The maximum absolute atomic E-state index is 11.8. The Labute approximate surface area is 124 Å². The topological polar surface area (TPSA) is 92.7 Å². The molecule has 6 nitrogen and oxygen atoms in total. The lowest BCUT2D eigenvalue weighted by atomic mass is 10.2. The third-order valence-corrected chi connectivity index (χ3v) is 4.59. The van der Waals surface area contributed by atoms with Gasteiger partial charge < -0.3 is 15.2 Å². The van der Waals surface area contributed by atoms with Crippen LogP contribution in [0.2, 0.25) is 0 Å². The van der Waals surface area contributed by atoms with Crippen molar-refractivity contribution in [2.24, 2.45) is 0 Å². The van der Waals surface area contributed by atoms with Gasteiger partial charge in [-0.2, -0.15) is 0 Å². The van der Waals surface area contributed by atoms with Gasteiger partial charge in [-0.3, -0.25) is 9.59 Å². The van der Waals surface area contributed by atoms with Crippen molar-refractivity contribution in [3.63, 3.8) is 0 Å². The Hall–Kier alpha value is -1.54. The number of amides is 1. The molecule has 2 N–H and O–H groups in total. The molecule has 0 saturated heterocycles. The number of aliphatic carboxylic acids is 1. The SMILES string of the molecule is COC(=O)c1sccc1NC(=O)CSC(C)(C)C(=O)O. The monoisotopic (exact) mass is 317 g/mol. The molecule has 0 saturated carbocycles. The highest BCUT2D eigenvalue weighted by Crippen LogP contribution is 2.26. The van der Waals surface area contributed by atoms with E-state index in [1.54, 1.807) is 11.4 Å². The lowest BCUT2D eigenvalue weighted by Gasteiger charge is -2.17. The molecule has 0 aromatic carbocycles. The minimum atomic E-state index is -1.04. The highest BCUT2D eigenvalue weighted by Gasteiger charge is 2.28. The molecule has 1 amide bonds. The van der Waals surface area contributed by atoms with Crippen molar-refractivity contribution < 1.29 is 24.2 Å². The van der Waals surface area contributed by atoms with Crippen LogP contribution in [-0.2, 0) is 14.3 Å². The van der Waals surface area contributed by atoms with Gasteiger partial charge in [-0.15, -0.1) is 23.1 Å². The number of thioether (sulfide) groups is 1. The average Bonchev–Trinajstić information content (AvgIpc) is 2.83. The fraction of sp³-hybridized carbons (Fsp3) is 0.417. The van der Waals surface area contributed by atoms with Gasteiger partial charge in [0, 0.05) is 0 Å². The Morgan fingerprint density at radius 3 is 2.65 bits per heavy atom. The van der Waals surface area contributed by atoms with Gasteiger partial charge in [0.2, 0.25) is 5.91 Å². The summed E-state index contributed by atoms with van der Waals surface area (Å²) < 4.78 is 3.56. The van der Waals surface area contributed by atoms with Crippen molar-refractivity contribution in [1.82, 2.24) is 0 Å². The van der Waals surface area contributed by atoms with E-state index in [0.29, 0.717) is 10.6 Å². The molecular formula is C12H15NO5S2. The summed E-state index contributed by atoms with van der Waals surface area (Å²) in [6, 6.07) is 1.60. The largest absolute Gasteiger partial charge is 0.480 e. The first-order valence-corrected chi connectivity index (χ1v) is 7.47. The first kappa shape index (κ1) is 16.5.